The molecule has 0 heterocycles. The van der Waals surface area contributed by atoms with E-state index < -0.39 is 10.1 Å². The van der Waals surface area contributed by atoms with Gasteiger partial charge in [-0.1, -0.05) is 0 Å². The molecule has 0 atom stereocenters. The minimum Gasteiger partial charge on any atom is 0 e. The van der Waals surface area contributed by atoms with Crippen molar-refractivity contribution in [3.8, 4) is 0 Å². The second-order valence-electron chi connectivity index (χ2n) is 0.143. The Kier molecular flexibility index (Phi) is 14.2. The van der Waals surface area contributed by atoms with Crippen molar-refractivity contribution in [2.24, 2.45) is 0 Å². The molecule has 0 spiro atoms. The molecule has 0 unspecified atom stereocenters. The van der Waals surface area contributed by atoms with Crippen molar-refractivity contribution < 1.29 is 29.5 Å². The summed E-state index contributed by atoms with van der Waals surface area (Å²) >= 11 is 9.70. The molecule has 5 heavy (non-hydrogen) atoms. The molecule has 0 aromatic heterocycles. The standard InChI is InChI=1S/3BrH.2Rh/h3*1H;;/q;;;;+3/p-3. The average molecular weight is 446 g/mol. The monoisotopic (exact) mass is 443 g/mol. The maximum absolute atomic E-state index is 3.23. The van der Waals surface area contributed by atoms with Gasteiger partial charge < -0.3 is 0 Å². The van der Waals surface area contributed by atoms with Gasteiger partial charge in [-0.3, -0.25) is 0 Å². The van der Waals surface area contributed by atoms with Gasteiger partial charge in [0.1, 0.15) is 0 Å². The summed E-state index contributed by atoms with van der Waals surface area (Å²) in [6.07, 6.45) is 0. The first-order chi connectivity index (χ1) is 1.73. The molecular formula is Br3Rh2. The van der Waals surface area contributed by atoms with Gasteiger partial charge in [0, 0.05) is 19.5 Å². The van der Waals surface area contributed by atoms with E-state index in [4.69, 9.17) is 0 Å². The van der Waals surface area contributed by atoms with Crippen LogP contribution in [0, 0.1) is 0 Å². The third-order valence-corrected chi connectivity index (χ3v) is 0. The number of hydrogen-bond acceptors (Lipinski definition) is 0. The van der Waals surface area contributed by atoms with Gasteiger partial charge >= 0.3 is 50.9 Å². The van der Waals surface area contributed by atoms with Gasteiger partial charge in [0.2, 0.25) is 0 Å². The van der Waals surface area contributed by atoms with Crippen LogP contribution in [0.1, 0.15) is 0 Å². The van der Waals surface area contributed by atoms with E-state index in [0.717, 1.165) is 0 Å². The maximum Gasteiger partial charge on any atom is 0 e. The van der Waals surface area contributed by atoms with Crippen molar-refractivity contribution in [2.45, 2.75) is 0 Å². The first-order valence-electron chi connectivity index (χ1n) is 0.378. The van der Waals surface area contributed by atoms with Crippen molar-refractivity contribution in [2.75, 3.05) is 0 Å². The Morgan fingerprint density at radius 2 is 1.00 bits per heavy atom. The molecule has 0 aliphatic heterocycles. The summed E-state index contributed by atoms with van der Waals surface area (Å²) in [5.41, 5.74) is 0. The molecule has 1 radical (unpaired) electrons. The van der Waals surface area contributed by atoms with E-state index in [0.29, 0.717) is 0 Å². The summed E-state index contributed by atoms with van der Waals surface area (Å²) in [6.45, 7) is 0. The van der Waals surface area contributed by atoms with Gasteiger partial charge in [0.25, 0.3) is 0 Å². The Labute approximate surface area is 69.2 Å². The first-order valence-corrected chi connectivity index (χ1v) is 11.6. The molecule has 0 saturated heterocycles. The molecule has 0 nitrogen and oxygen atoms in total. The predicted molar refractivity (Wildman–Crippen MR) is 26.8 cm³/mol. The number of rotatable bonds is 0. The summed E-state index contributed by atoms with van der Waals surface area (Å²) in [5.74, 6) is 0. The van der Waals surface area contributed by atoms with Crippen molar-refractivity contribution in [1.82, 2.24) is 0 Å². The molecule has 0 fully saturated rings. The summed E-state index contributed by atoms with van der Waals surface area (Å²) < 4.78 is 0. The quantitative estimate of drug-likeness (QED) is 0.503. The van der Waals surface area contributed by atoms with E-state index >= 15 is 0 Å². The Bertz CT molecular complexity index is 9.61. The van der Waals surface area contributed by atoms with E-state index in [2.05, 4.69) is 40.9 Å². The molecule has 0 aliphatic rings. The van der Waals surface area contributed by atoms with Crippen LogP contribution in [0.2, 0.25) is 0 Å². The van der Waals surface area contributed by atoms with Crippen molar-refractivity contribution in [1.29, 1.82) is 0 Å². The van der Waals surface area contributed by atoms with Crippen LogP contribution in [0.4, 0.5) is 0 Å². The van der Waals surface area contributed by atoms with Gasteiger partial charge in [0.05, 0.1) is 0 Å². The van der Waals surface area contributed by atoms with Crippen LogP contribution >= 0.6 is 40.9 Å². The van der Waals surface area contributed by atoms with Gasteiger partial charge in [-0.15, -0.1) is 0 Å². The van der Waals surface area contributed by atoms with Gasteiger partial charge in [-0.05, 0) is 0 Å². The van der Waals surface area contributed by atoms with Crippen molar-refractivity contribution >= 4 is 40.9 Å². The average Bonchev–Trinajstić information content (AvgIpc) is 0.811. The molecule has 0 aromatic carbocycles. The summed E-state index contributed by atoms with van der Waals surface area (Å²) in [4.78, 5) is 0. The molecule has 0 N–H and O–H groups in total. The molecule has 0 amide bonds. The predicted octanol–water partition coefficient (Wildman–Crippen LogP) is 2.53. The van der Waals surface area contributed by atoms with Crippen molar-refractivity contribution in [3.05, 3.63) is 0 Å². The van der Waals surface area contributed by atoms with Crippen LogP contribution in [0.3, 0.4) is 0 Å². The molecule has 0 saturated carbocycles. The molecular weight excluding hydrogens is 446 g/mol. The molecule has 39 valence electrons. The molecule has 0 bridgehead atoms. The maximum atomic E-state index is 3.23. The van der Waals surface area contributed by atoms with Gasteiger partial charge in [-0.25, -0.2) is 0 Å². The Morgan fingerprint density at radius 1 is 1.00 bits per heavy atom. The SMILES string of the molecule is [Br][Rh]([Br])[Br].[Rh]. The van der Waals surface area contributed by atoms with E-state index in [-0.39, 0.29) is 19.5 Å². The normalized spacial score (nSPS) is 9.00. The Balaban J connectivity index is 0. The third kappa shape index (κ3) is 20.3. The first kappa shape index (κ1) is 10.6. The fourth-order valence-electron chi connectivity index (χ4n) is 0. The smallest absolute Gasteiger partial charge is 0 e. The van der Waals surface area contributed by atoms with E-state index in [9.17, 15) is 0 Å². The Hall–Kier alpha value is 2.69. The Morgan fingerprint density at radius 3 is 1.00 bits per heavy atom. The molecule has 0 aromatic rings. The zero-order chi connectivity index (χ0) is 3.58. The van der Waals surface area contributed by atoms with Gasteiger partial charge in [-0.2, -0.15) is 0 Å². The fraction of sp³-hybridized carbons (Fsp3) is 0. The summed E-state index contributed by atoms with van der Waals surface area (Å²) in [5, 5.41) is 0. The van der Waals surface area contributed by atoms with E-state index in [1.165, 1.54) is 0 Å². The minimum atomic E-state index is -0.639. The number of halogens is 3. The molecule has 5 heteroatoms. The zero-order valence-electron chi connectivity index (χ0n) is 1.80. The summed E-state index contributed by atoms with van der Waals surface area (Å²) in [6, 6.07) is 0. The van der Waals surface area contributed by atoms with Crippen LogP contribution in [0.15, 0.2) is 0 Å². The van der Waals surface area contributed by atoms with Crippen LogP contribution in [0.25, 0.3) is 0 Å². The number of hydrogen-bond donors (Lipinski definition) is 0. The minimum absolute atomic E-state index is 0. The van der Waals surface area contributed by atoms with Crippen LogP contribution in [-0.2, 0) is 29.5 Å². The van der Waals surface area contributed by atoms with Crippen LogP contribution in [-0.4, -0.2) is 0 Å². The van der Waals surface area contributed by atoms with Gasteiger partial charge in [0.15, 0.2) is 0 Å². The fourth-order valence-corrected chi connectivity index (χ4v) is 0. The second kappa shape index (κ2) is 6.69. The van der Waals surface area contributed by atoms with Crippen LogP contribution in [0.5, 0.6) is 0 Å². The third-order valence-electron chi connectivity index (χ3n) is 0. The van der Waals surface area contributed by atoms with E-state index in [1.54, 1.807) is 0 Å². The molecule has 0 aliphatic carbocycles. The van der Waals surface area contributed by atoms with Crippen molar-refractivity contribution in [3.63, 3.8) is 0 Å². The zero-order valence-corrected chi connectivity index (χ0v) is 9.84. The largest absolute Gasteiger partial charge is 0 e. The van der Waals surface area contributed by atoms with Crippen LogP contribution < -0.4 is 0 Å². The second-order valence-corrected chi connectivity index (χ2v) is 22.8. The van der Waals surface area contributed by atoms with E-state index in [1.807, 2.05) is 0 Å². The summed E-state index contributed by atoms with van der Waals surface area (Å²) in [7, 11) is -0.639. The topological polar surface area (TPSA) is 0 Å². The molecule has 0 rings (SSSR count).